The molecule has 1 heterocycles. The molecule has 1 unspecified atom stereocenters. The molecule has 0 bridgehead atoms. The molecule has 134 valence electrons. The number of ether oxygens (including phenoxy) is 1. The van der Waals surface area contributed by atoms with Crippen LogP contribution in [-0.4, -0.2) is 23.5 Å². The smallest absolute Gasteiger partial charge is 0.311 e. The van der Waals surface area contributed by atoms with E-state index in [-0.39, 0.29) is 12.0 Å². The van der Waals surface area contributed by atoms with Crippen molar-refractivity contribution in [2.45, 2.75) is 56.2 Å². The van der Waals surface area contributed by atoms with Gasteiger partial charge < -0.3 is 4.74 Å². The van der Waals surface area contributed by atoms with Gasteiger partial charge >= 0.3 is 5.97 Å². The molecule has 1 aliphatic carbocycles. The topological polar surface area (TPSA) is 38.3 Å². The molecule has 5 heteroatoms. The first-order valence-corrected chi connectivity index (χ1v) is 11.4. The molecule has 0 radical (unpaired) electrons. The van der Waals surface area contributed by atoms with Crippen molar-refractivity contribution in [1.29, 1.82) is 0 Å². The van der Waals surface area contributed by atoms with Gasteiger partial charge in [0.15, 0.2) is 0 Å². The van der Waals surface area contributed by atoms with Crippen LogP contribution < -0.4 is 10.1 Å². The SMILES string of the molecule is C#CCN[C@@H]1CCc2ccc(OC(=O)CCCCC3CCSS3)cc21. The number of fused-ring (bicyclic) bond motifs is 1. The van der Waals surface area contributed by atoms with Gasteiger partial charge in [0.1, 0.15) is 5.75 Å². The monoisotopic (exact) mass is 375 g/mol. The number of unbranched alkanes of at least 4 members (excludes halogenated alkanes) is 1. The van der Waals surface area contributed by atoms with Crippen LogP contribution in [0.25, 0.3) is 0 Å². The molecule has 0 aromatic heterocycles. The summed E-state index contributed by atoms with van der Waals surface area (Å²) in [4.78, 5) is 12.1. The van der Waals surface area contributed by atoms with Gasteiger partial charge in [-0.2, -0.15) is 0 Å². The zero-order valence-electron chi connectivity index (χ0n) is 14.5. The second-order valence-electron chi connectivity index (χ2n) is 6.59. The number of benzene rings is 1. The van der Waals surface area contributed by atoms with E-state index in [1.165, 1.54) is 29.7 Å². The highest BCUT2D eigenvalue weighted by Crippen LogP contribution is 2.40. The first-order valence-electron chi connectivity index (χ1n) is 9.05. The number of hydrogen-bond acceptors (Lipinski definition) is 5. The van der Waals surface area contributed by atoms with Gasteiger partial charge in [0.25, 0.3) is 0 Å². The molecular weight excluding hydrogens is 350 g/mol. The van der Waals surface area contributed by atoms with E-state index in [0.29, 0.717) is 18.7 Å². The lowest BCUT2D eigenvalue weighted by Crippen LogP contribution is -2.19. The van der Waals surface area contributed by atoms with Crippen LogP contribution in [-0.2, 0) is 11.2 Å². The molecule has 2 atom stereocenters. The van der Waals surface area contributed by atoms with Crippen molar-refractivity contribution >= 4 is 27.6 Å². The average Bonchev–Trinajstić information content (AvgIpc) is 3.26. The highest BCUT2D eigenvalue weighted by atomic mass is 33.1. The van der Waals surface area contributed by atoms with E-state index in [2.05, 4.69) is 17.3 Å². The van der Waals surface area contributed by atoms with Crippen LogP contribution in [0.15, 0.2) is 18.2 Å². The highest BCUT2D eigenvalue weighted by Gasteiger charge is 2.22. The van der Waals surface area contributed by atoms with E-state index in [1.807, 2.05) is 33.7 Å². The Balaban J connectivity index is 1.44. The average molecular weight is 376 g/mol. The van der Waals surface area contributed by atoms with Gasteiger partial charge in [-0.1, -0.05) is 40.0 Å². The summed E-state index contributed by atoms with van der Waals surface area (Å²) in [5, 5.41) is 4.14. The maximum absolute atomic E-state index is 12.1. The van der Waals surface area contributed by atoms with Crippen LogP contribution in [0.5, 0.6) is 5.75 Å². The number of carbonyl (C=O) groups excluding carboxylic acids is 1. The lowest BCUT2D eigenvalue weighted by Gasteiger charge is -2.13. The third-order valence-electron chi connectivity index (χ3n) is 4.76. The Morgan fingerprint density at radius 1 is 1.36 bits per heavy atom. The molecule has 0 spiro atoms. The van der Waals surface area contributed by atoms with Gasteiger partial charge in [0.05, 0.1) is 6.54 Å². The minimum absolute atomic E-state index is 0.125. The summed E-state index contributed by atoms with van der Waals surface area (Å²) in [6, 6.07) is 6.25. The molecule has 1 fully saturated rings. The summed E-state index contributed by atoms with van der Waals surface area (Å²) in [6.07, 6.45) is 12.5. The van der Waals surface area contributed by atoms with Crippen molar-refractivity contribution in [3.8, 4) is 18.1 Å². The number of esters is 1. The van der Waals surface area contributed by atoms with E-state index in [9.17, 15) is 4.79 Å². The minimum Gasteiger partial charge on any atom is -0.427 e. The lowest BCUT2D eigenvalue weighted by atomic mass is 10.1. The van der Waals surface area contributed by atoms with Crippen molar-refractivity contribution in [2.75, 3.05) is 12.3 Å². The van der Waals surface area contributed by atoms with E-state index in [1.54, 1.807) is 0 Å². The molecule has 0 saturated carbocycles. The zero-order chi connectivity index (χ0) is 17.5. The minimum atomic E-state index is -0.125. The van der Waals surface area contributed by atoms with Crippen molar-refractivity contribution in [3.05, 3.63) is 29.3 Å². The van der Waals surface area contributed by atoms with Crippen molar-refractivity contribution < 1.29 is 9.53 Å². The van der Waals surface area contributed by atoms with Crippen LogP contribution in [0.1, 0.15) is 55.7 Å². The summed E-state index contributed by atoms with van der Waals surface area (Å²) < 4.78 is 5.55. The van der Waals surface area contributed by atoms with Gasteiger partial charge in [-0.25, -0.2) is 0 Å². The van der Waals surface area contributed by atoms with E-state index in [0.717, 1.165) is 30.9 Å². The molecule has 0 amide bonds. The number of terminal acetylenes is 1. The van der Waals surface area contributed by atoms with Crippen molar-refractivity contribution in [3.63, 3.8) is 0 Å². The zero-order valence-corrected chi connectivity index (χ0v) is 16.1. The van der Waals surface area contributed by atoms with Gasteiger partial charge in [0.2, 0.25) is 0 Å². The second kappa shape index (κ2) is 9.56. The molecule has 3 nitrogen and oxygen atoms in total. The number of nitrogens with one attached hydrogen (secondary N) is 1. The van der Waals surface area contributed by atoms with Gasteiger partial charge in [-0.3, -0.25) is 10.1 Å². The third kappa shape index (κ3) is 5.44. The van der Waals surface area contributed by atoms with Crippen LogP contribution in [0.2, 0.25) is 0 Å². The molecule has 25 heavy (non-hydrogen) atoms. The number of rotatable bonds is 8. The summed E-state index contributed by atoms with van der Waals surface area (Å²) in [6.45, 7) is 0.561. The molecule has 3 rings (SSSR count). The fourth-order valence-corrected chi connectivity index (χ4v) is 6.45. The molecule has 1 saturated heterocycles. The normalized spacial score (nSPS) is 21.7. The van der Waals surface area contributed by atoms with Crippen LogP contribution >= 0.6 is 21.6 Å². The Kier molecular flexibility index (Phi) is 7.15. The summed E-state index contributed by atoms with van der Waals surface area (Å²) in [7, 11) is 3.98. The maximum Gasteiger partial charge on any atom is 0.311 e. The standard InChI is InChI=1S/C20H25NO2S2/c1-2-12-21-19-10-8-15-7-9-16(14-18(15)19)23-20(22)6-4-3-5-17-11-13-24-25-17/h1,7,9,14,17,19,21H,3-6,8,10-13H2/t17?,19-/m1/s1. The Bertz CT molecular complexity index is 635. The molecule has 1 aliphatic heterocycles. The van der Waals surface area contributed by atoms with Crippen molar-refractivity contribution in [2.24, 2.45) is 0 Å². The number of aryl methyl sites for hydroxylation is 1. The van der Waals surface area contributed by atoms with E-state index >= 15 is 0 Å². The van der Waals surface area contributed by atoms with Crippen LogP contribution in [0.4, 0.5) is 0 Å². The Morgan fingerprint density at radius 2 is 2.28 bits per heavy atom. The summed E-state index contributed by atoms with van der Waals surface area (Å²) >= 11 is 0. The van der Waals surface area contributed by atoms with E-state index in [4.69, 9.17) is 11.2 Å². The van der Waals surface area contributed by atoms with Crippen molar-refractivity contribution in [1.82, 2.24) is 5.32 Å². The van der Waals surface area contributed by atoms with Crippen LogP contribution in [0, 0.1) is 12.3 Å². The Labute approximate surface area is 158 Å². The summed E-state index contributed by atoms with van der Waals surface area (Å²) in [5.74, 6) is 4.42. The maximum atomic E-state index is 12.1. The molecule has 2 aliphatic rings. The quantitative estimate of drug-likeness (QED) is 0.238. The Hall–Kier alpha value is -1.09. The second-order valence-corrected chi connectivity index (χ2v) is 9.37. The predicted octanol–water partition coefficient (Wildman–Crippen LogP) is 4.52. The predicted molar refractivity (Wildman–Crippen MR) is 107 cm³/mol. The molecular formula is C20H25NO2S2. The third-order valence-corrected chi connectivity index (χ3v) is 7.77. The van der Waals surface area contributed by atoms with E-state index < -0.39 is 0 Å². The fraction of sp³-hybridized carbons (Fsp3) is 0.550. The number of hydrogen-bond donors (Lipinski definition) is 1. The Morgan fingerprint density at radius 3 is 3.08 bits per heavy atom. The van der Waals surface area contributed by atoms with Gasteiger partial charge in [-0.05, 0) is 55.4 Å². The first-order chi connectivity index (χ1) is 12.3. The van der Waals surface area contributed by atoms with Gasteiger partial charge in [-0.15, -0.1) is 6.42 Å². The highest BCUT2D eigenvalue weighted by molar-refractivity contribution is 8.77. The number of carbonyl (C=O) groups is 1. The molecule has 1 N–H and O–H groups in total. The van der Waals surface area contributed by atoms with Gasteiger partial charge in [0, 0.05) is 23.5 Å². The fourth-order valence-electron chi connectivity index (χ4n) is 3.43. The first kappa shape index (κ1) is 18.7. The lowest BCUT2D eigenvalue weighted by molar-refractivity contribution is -0.134. The molecule has 1 aromatic rings. The van der Waals surface area contributed by atoms with Crippen LogP contribution in [0.3, 0.4) is 0 Å². The summed E-state index contributed by atoms with van der Waals surface area (Å²) in [5.41, 5.74) is 2.54. The molecule has 1 aromatic carbocycles. The largest absolute Gasteiger partial charge is 0.427 e.